The lowest BCUT2D eigenvalue weighted by atomic mass is 9.83. The van der Waals surface area contributed by atoms with Crippen LogP contribution in [-0.2, 0) is 19.0 Å². The van der Waals surface area contributed by atoms with Crippen molar-refractivity contribution in [3.8, 4) is 0 Å². The lowest BCUT2D eigenvalue weighted by Crippen LogP contribution is -2.36. The number of hydrogen-bond donors (Lipinski definition) is 2. The second-order valence-corrected chi connectivity index (χ2v) is 9.85. The zero-order chi connectivity index (χ0) is 23.8. The predicted octanol–water partition coefficient (Wildman–Crippen LogP) is 4.19. The van der Waals surface area contributed by atoms with Gasteiger partial charge in [0.05, 0.1) is 24.4 Å². The summed E-state index contributed by atoms with van der Waals surface area (Å²) in [5, 5.41) is 5.45. The monoisotopic (exact) mass is 460 g/mol. The van der Waals surface area contributed by atoms with E-state index in [0.717, 1.165) is 51.6 Å². The molecule has 0 aromatic heterocycles. The van der Waals surface area contributed by atoms with Crippen molar-refractivity contribution in [1.82, 2.24) is 10.6 Å². The van der Waals surface area contributed by atoms with Crippen molar-refractivity contribution in [3.05, 3.63) is 36.0 Å². The minimum Gasteiger partial charge on any atom is -0.442 e. The van der Waals surface area contributed by atoms with E-state index in [9.17, 15) is 9.59 Å². The summed E-state index contributed by atoms with van der Waals surface area (Å²) >= 11 is 0. The number of rotatable bonds is 8. The van der Waals surface area contributed by atoms with E-state index in [4.69, 9.17) is 14.2 Å². The van der Waals surface area contributed by atoms with E-state index in [1.54, 1.807) is 13.0 Å². The molecule has 184 valence electrons. The van der Waals surface area contributed by atoms with Crippen LogP contribution in [0.2, 0.25) is 0 Å². The third-order valence-electron chi connectivity index (χ3n) is 6.75. The van der Waals surface area contributed by atoms with Gasteiger partial charge in [-0.2, -0.15) is 0 Å². The summed E-state index contributed by atoms with van der Waals surface area (Å²) in [6.07, 6.45) is 16.4. The van der Waals surface area contributed by atoms with E-state index < -0.39 is 12.2 Å². The molecule has 1 saturated carbocycles. The standard InChI is InChI=1S/C26H40N2O5/c1-18(6-13-23-16-26(17-31-26)15-20(3)32-23)5-8-21-9-11-22(12-10-21)28-24(29)14-7-19(2)33-25(30)27-4/h5-7,13-14,19-23H,8-12,15-17H2,1-4H3,(H,27,30)(H,28,29)/t19?,20?,21?,22?,23-,26-/m1/s1. The first-order valence-electron chi connectivity index (χ1n) is 12.3. The molecular weight excluding hydrogens is 420 g/mol. The molecule has 33 heavy (non-hydrogen) atoms. The predicted molar refractivity (Wildman–Crippen MR) is 128 cm³/mol. The highest BCUT2D eigenvalue weighted by molar-refractivity contribution is 5.87. The Morgan fingerprint density at radius 2 is 1.91 bits per heavy atom. The average Bonchev–Trinajstić information content (AvgIpc) is 3.52. The molecule has 2 unspecified atom stereocenters. The van der Waals surface area contributed by atoms with Crippen molar-refractivity contribution in [2.75, 3.05) is 13.7 Å². The van der Waals surface area contributed by atoms with Gasteiger partial charge in [-0.15, -0.1) is 0 Å². The number of nitrogens with one attached hydrogen (secondary N) is 2. The van der Waals surface area contributed by atoms with Crippen LogP contribution in [0, 0.1) is 5.92 Å². The van der Waals surface area contributed by atoms with Crippen LogP contribution < -0.4 is 10.6 Å². The van der Waals surface area contributed by atoms with Crippen molar-refractivity contribution < 1.29 is 23.8 Å². The van der Waals surface area contributed by atoms with Crippen LogP contribution in [0.3, 0.4) is 0 Å². The molecule has 3 aliphatic rings. The second-order valence-electron chi connectivity index (χ2n) is 9.85. The summed E-state index contributed by atoms with van der Waals surface area (Å²) in [6, 6.07) is 0.209. The van der Waals surface area contributed by atoms with Crippen LogP contribution in [0.5, 0.6) is 0 Å². The van der Waals surface area contributed by atoms with Gasteiger partial charge in [-0.3, -0.25) is 4.79 Å². The lowest BCUT2D eigenvalue weighted by Gasteiger charge is -2.30. The van der Waals surface area contributed by atoms with E-state index in [1.807, 2.05) is 0 Å². The average molecular weight is 461 g/mol. The summed E-state index contributed by atoms with van der Waals surface area (Å²) < 4.78 is 16.7. The number of carbonyl (C=O) groups is 2. The van der Waals surface area contributed by atoms with Gasteiger partial charge in [0.1, 0.15) is 6.10 Å². The molecule has 2 N–H and O–H groups in total. The van der Waals surface area contributed by atoms with Gasteiger partial charge in [-0.05, 0) is 64.9 Å². The number of carbonyl (C=O) groups excluding carboxylic acids is 2. The van der Waals surface area contributed by atoms with E-state index in [2.05, 4.69) is 42.7 Å². The van der Waals surface area contributed by atoms with Crippen LogP contribution in [0.15, 0.2) is 36.0 Å². The normalized spacial score (nSPS) is 33.3. The summed E-state index contributed by atoms with van der Waals surface area (Å²) in [6.45, 7) is 6.88. The van der Waals surface area contributed by atoms with Crippen LogP contribution in [-0.4, -0.2) is 55.6 Å². The SMILES string of the molecule is CNC(=O)OC(C)C=CC(=O)NC1CCC(CC=C(C)C=C[C@@H]2C[C@@]3(CO3)CC(C)O2)CC1. The molecule has 0 bridgehead atoms. The Morgan fingerprint density at radius 1 is 1.18 bits per heavy atom. The quantitative estimate of drug-likeness (QED) is 0.322. The summed E-state index contributed by atoms with van der Waals surface area (Å²) in [5.41, 5.74) is 1.36. The van der Waals surface area contributed by atoms with Gasteiger partial charge >= 0.3 is 6.09 Å². The van der Waals surface area contributed by atoms with Gasteiger partial charge in [0.15, 0.2) is 0 Å². The Balaban J connectivity index is 1.34. The Labute approximate surface area is 198 Å². The number of alkyl carbamates (subject to hydrolysis) is 1. The van der Waals surface area contributed by atoms with Crippen LogP contribution >= 0.6 is 0 Å². The van der Waals surface area contributed by atoms with E-state index >= 15 is 0 Å². The van der Waals surface area contributed by atoms with E-state index in [-0.39, 0.29) is 29.8 Å². The van der Waals surface area contributed by atoms with Gasteiger partial charge in [-0.25, -0.2) is 4.79 Å². The first kappa shape index (κ1) is 25.5. The first-order valence-corrected chi connectivity index (χ1v) is 12.3. The highest BCUT2D eigenvalue weighted by Gasteiger charge is 2.50. The fourth-order valence-electron chi connectivity index (χ4n) is 4.78. The minimum absolute atomic E-state index is 0.0890. The molecule has 2 heterocycles. The minimum atomic E-state index is -0.510. The number of hydrogen-bond acceptors (Lipinski definition) is 5. The van der Waals surface area contributed by atoms with Crippen LogP contribution in [0.4, 0.5) is 4.79 Å². The lowest BCUT2D eigenvalue weighted by molar-refractivity contribution is -0.117. The van der Waals surface area contributed by atoms with Gasteiger partial charge in [0.2, 0.25) is 5.91 Å². The molecule has 0 aromatic carbocycles. The highest BCUT2D eigenvalue weighted by atomic mass is 16.6. The Bertz CT molecular complexity index is 763. The zero-order valence-electron chi connectivity index (χ0n) is 20.5. The Morgan fingerprint density at radius 3 is 2.58 bits per heavy atom. The molecule has 1 aliphatic carbocycles. The number of allylic oxidation sites excluding steroid dienone is 3. The molecule has 0 radical (unpaired) electrons. The van der Waals surface area contributed by atoms with Gasteiger partial charge in [-0.1, -0.05) is 23.8 Å². The maximum absolute atomic E-state index is 12.1. The second kappa shape index (κ2) is 11.8. The van der Waals surface area contributed by atoms with E-state index in [1.165, 1.54) is 18.7 Å². The molecule has 7 heteroatoms. The first-order chi connectivity index (χ1) is 15.8. The molecule has 2 saturated heterocycles. The smallest absolute Gasteiger partial charge is 0.407 e. The van der Waals surface area contributed by atoms with E-state index in [0.29, 0.717) is 5.92 Å². The Hall–Kier alpha value is -2.12. The molecule has 3 rings (SSSR count). The molecule has 4 atom stereocenters. The number of epoxide rings is 1. The fraction of sp³-hybridized carbons (Fsp3) is 0.692. The third-order valence-corrected chi connectivity index (χ3v) is 6.75. The summed E-state index contributed by atoms with van der Waals surface area (Å²) in [4.78, 5) is 23.3. The molecule has 2 aliphatic heterocycles. The third kappa shape index (κ3) is 8.63. The van der Waals surface area contributed by atoms with Gasteiger partial charge < -0.3 is 24.8 Å². The fourth-order valence-corrected chi connectivity index (χ4v) is 4.78. The number of amides is 2. The molecule has 0 aromatic rings. The molecule has 3 fully saturated rings. The largest absolute Gasteiger partial charge is 0.442 e. The van der Waals surface area contributed by atoms with Gasteiger partial charge in [0, 0.05) is 32.0 Å². The maximum atomic E-state index is 12.1. The molecule has 7 nitrogen and oxygen atoms in total. The van der Waals surface area contributed by atoms with Crippen molar-refractivity contribution >= 4 is 12.0 Å². The topological polar surface area (TPSA) is 89.2 Å². The molecular formula is C26H40N2O5. The van der Waals surface area contributed by atoms with Crippen LogP contribution in [0.1, 0.15) is 65.7 Å². The maximum Gasteiger partial charge on any atom is 0.407 e. The van der Waals surface area contributed by atoms with Crippen molar-refractivity contribution in [2.24, 2.45) is 5.92 Å². The molecule has 1 spiro atoms. The number of ether oxygens (including phenoxy) is 3. The van der Waals surface area contributed by atoms with Crippen molar-refractivity contribution in [3.63, 3.8) is 0 Å². The van der Waals surface area contributed by atoms with Gasteiger partial charge in [0.25, 0.3) is 0 Å². The van der Waals surface area contributed by atoms with Crippen LogP contribution in [0.25, 0.3) is 0 Å². The van der Waals surface area contributed by atoms with Crippen molar-refractivity contribution in [2.45, 2.75) is 95.7 Å². The summed E-state index contributed by atoms with van der Waals surface area (Å²) in [7, 11) is 1.50. The highest BCUT2D eigenvalue weighted by Crippen LogP contribution is 2.42. The van der Waals surface area contributed by atoms with Crippen molar-refractivity contribution in [1.29, 1.82) is 0 Å². The molecule has 2 amide bonds. The zero-order valence-corrected chi connectivity index (χ0v) is 20.5. The summed E-state index contributed by atoms with van der Waals surface area (Å²) in [5.74, 6) is 0.524. The Kier molecular flexibility index (Phi) is 9.15.